The Labute approximate surface area is 134 Å². The third-order valence-corrected chi connectivity index (χ3v) is 4.20. The first kappa shape index (κ1) is 14.2. The van der Waals surface area contributed by atoms with E-state index in [2.05, 4.69) is 27.4 Å². The lowest BCUT2D eigenvalue weighted by atomic mass is 10.1. The molecule has 23 heavy (non-hydrogen) atoms. The summed E-state index contributed by atoms with van der Waals surface area (Å²) in [7, 11) is 2.07. The molecule has 1 N–H and O–H groups in total. The van der Waals surface area contributed by atoms with Gasteiger partial charge in [-0.2, -0.15) is 4.98 Å². The van der Waals surface area contributed by atoms with Crippen LogP contribution in [0.5, 0.6) is 0 Å². The van der Waals surface area contributed by atoms with Gasteiger partial charge in [-0.1, -0.05) is 35.5 Å². The van der Waals surface area contributed by atoms with Gasteiger partial charge in [0, 0.05) is 25.2 Å². The first-order valence-electron chi connectivity index (χ1n) is 7.71. The van der Waals surface area contributed by atoms with Crippen LogP contribution in [0.2, 0.25) is 0 Å². The van der Waals surface area contributed by atoms with E-state index in [1.165, 1.54) is 0 Å². The van der Waals surface area contributed by atoms with Crippen LogP contribution in [0.1, 0.15) is 11.9 Å². The molecule has 0 aliphatic carbocycles. The number of benzene rings is 1. The zero-order chi connectivity index (χ0) is 15.6. The molecule has 1 aromatic carbocycles. The largest absolute Gasteiger partial charge is 0.458 e. The van der Waals surface area contributed by atoms with Gasteiger partial charge in [-0.3, -0.25) is 4.90 Å². The molecule has 118 valence electrons. The van der Waals surface area contributed by atoms with Crippen molar-refractivity contribution in [2.75, 3.05) is 26.7 Å². The van der Waals surface area contributed by atoms with E-state index in [1.54, 1.807) is 6.26 Å². The maximum atomic E-state index is 5.61. The minimum Gasteiger partial charge on any atom is -0.458 e. The minimum atomic E-state index is 0.122. The Morgan fingerprint density at radius 2 is 2.09 bits per heavy atom. The number of rotatable bonds is 3. The molecule has 6 nitrogen and oxygen atoms in total. The summed E-state index contributed by atoms with van der Waals surface area (Å²) in [4.78, 5) is 6.79. The molecule has 3 aromatic rings. The molecule has 2 aromatic heterocycles. The van der Waals surface area contributed by atoms with Gasteiger partial charge in [-0.25, -0.2) is 0 Å². The van der Waals surface area contributed by atoms with Crippen molar-refractivity contribution in [1.82, 2.24) is 20.4 Å². The fourth-order valence-corrected chi connectivity index (χ4v) is 2.88. The van der Waals surface area contributed by atoms with E-state index < -0.39 is 0 Å². The number of nitrogens with zero attached hydrogens (tertiary/aromatic N) is 3. The van der Waals surface area contributed by atoms with Crippen LogP contribution < -0.4 is 5.32 Å². The van der Waals surface area contributed by atoms with Crippen molar-refractivity contribution in [1.29, 1.82) is 0 Å². The lowest BCUT2D eigenvalue weighted by Gasteiger charge is -2.30. The summed E-state index contributed by atoms with van der Waals surface area (Å²) in [5, 5.41) is 7.51. The molecule has 0 bridgehead atoms. The highest BCUT2D eigenvalue weighted by Gasteiger charge is 2.26. The quantitative estimate of drug-likeness (QED) is 0.802. The molecule has 0 amide bonds. The van der Waals surface area contributed by atoms with E-state index in [0.717, 1.165) is 30.8 Å². The molecule has 0 saturated carbocycles. The SMILES string of the molecule is CN1CCNCC1c1noc(-c2occc2-c2ccccc2)n1. The minimum absolute atomic E-state index is 0.122. The van der Waals surface area contributed by atoms with Crippen LogP contribution in [-0.2, 0) is 0 Å². The summed E-state index contributed by atoms with van der Waals surface area (Å²) < 4.78 is 11.1. The Bertz CT molecular complexity index is 781. The standard InChI is InChI=1S/C17H18N4O2/c1-21-9-8-18-11-14(21)16-19-17(23-20-16)15-13(7-10-22-15)12-5-3-2-4-6-12/h2-7,10,14,18H,8-9,11H2,1H3. The predicted octanol–water partition coefficient (Wildman–Crippen LogP) is 2.57. The molecular weight excluding hydrogens is 292 g/mol. The molecule has 1 unspecified atom stereocenters. The van der Waals surface area contributed by atoms with E-state index >= 15 is 0 Å². The van der Waals surface area contributed by atoms with Crippen LogP contribution in [0.4, 0.5) is 0 Å². The third kappa shape index (κ3) is 2.67. The lowest BCUT2D eigenvalue weighted by molar-refractivity contribution is 0.190. The van der Waals surface area contributed by atoms with Gasteiger partial charge in [0.2, 0.25) is 0 Å². The second kappa shape index (κ2) is 5.98. The molecular formula is C17H18N4O2. The summed E-state index contributed by atoms with van der Waals surface area (Å²) >= 11 is 0. The highest BCUT2D eigenvalue weighted by Crippen LogP contribution is 2.32. The van der Waals surface area contributed by atoms with Crippen molar-refractivity contribution >= 4 is 0 Å². The van der Waals surface area contributed by atoms with Crippen molar-refractivity contribution in [2.45, 2.75) is 6.04 Å². The molecule has 4 rings (SSSR count). The Balaban J connectivity index is 1.67. The fourth-order valence-electron chi connectivity index (χ4n) is 2.88. The zero-order valence-electron chi connectivity index (χ0n) is 12.9. The van der Waals surface area contributed by atoms with E-state index in [-0.39, 0.29) is 6.04 Å². The number of piperazine rings is 1. The van der Waals surface area contributed by atoms with Crippen LogP contribution in [0.25, 0.3) is 22.8 Å². The first-order chi connectivity index (χ1) is 11.3. The van der Waals surface area contributed by atoms with Gasteiger partial charge in [0.15, 0.2) is 11.6 Å². The van der Waals surface area contributed by atoms with Crippen molar-refractivity contribution in [3.63, 3.8) is 0 Å². The Morgan fingerprint density at radius 3 is 2.91 bits per heavy atom. The molecule has 1 atom stereocenters. The van der Waals surface area contributed by atoms with E-state index in [1.807, 2.05) is 36.4 Å². The van der Waals surface area contributed by atoms with Crippen LogP contribution in [0, 0.1) is 0 Å². The van der Waals surface area contributed by atoms with Gasteiger partial charge < -0.3 is 14.3 Å². The number of furan rings is 1. The van der Waals surface area contributed by atoms with Crippen molar-refractivity contribution in [3.05, 3.63) is 48.5 Å². The van der Waals surface area contributed by atoms with Crippen molar-refractivity contribution < 1.29 is 8.94 Å². The average molecular weight is 310 g/mol. The van der Waals surface area contributed by atoms with Crippen LogP contribution >= 0.6 is 0 Å². The second-order valence-electron chi connectivity index (χ2n) is 5.69. The Morgan fingerprint density at radius 1 is 1.22 bits per heavy atom. The number of hydrogen-bond donors (Lipinski definition) is 1. The predicted molar refractivity (Wildman–Crippen MR) is 85.7 cm³/mol. The third-order valence-electron chi connectivity index (χ3n) is 4.20. The Kier molecular flexibility index (Phi) is 3.69. The van der Waals surface area contributed by atoms with Crippen LogP contribution in [0.3, 0.4) is 0 Å². The molecule has 1 aliphatic rings. The van der Waals surface area contributed by atoms with Crippen molar-refractivity contribution in [2.24, 2.45) is 0 Å². The number of likely N-dealkylation sites (N-methyl/N-ethyl adjacent to an activating group) is 1. The highest BCUT2D eigenvalue weighted by molar-refractivity contribution is 5.76. The number of aromatic nitrogens is 2. The summed E-state index contributed by atoms with van der Waals surface area (Å²) in [6.07, 6.45) is 1.65. The van der Waals surface area contributed by atoms with Gasteiger partial charge in [-0.15, -0.1) is 0 Å². The van der Waals surface area contributed by atoms with Gasteiger partial charge in [-0.05, 0) is 18.7 Å². The van der Waals surface area contributed by atoms with E-state index in [9.17, 15) is 0 Å². The summed E-state index contributed by atoms with van der Waals surface area (Å²) in [5.74, 6) is 1.72. The lowest BCUT2D eigenvalue weighted by Crippen LogP contribution is -2.44. The molecule has 0 radical (unpaired) electrons. The van der Waals surface area contributed by atoms with Crippen molar-refractivity contribution in [3.8, 4) is 22.8 Å². The zero-order valence-corrected chi connectivity index (χ0v) is 12.9. The fraction of sp³-hybridized carbons (Fsp3) is 0.294. The van der Waals surface area contributed by atoms with Gasteiger partial charge >= 0.3 is 0 Å². The van der Waals surface area contributed by atoms with E-state index in [0.29, 0.717) is 17.5 Å². The normalized spacial score (nSPS) is 19.1. The molecule has 1 fully saturated rings. The maximum Gasteiger partial charge on any atom is 0.294 e. The van der Waals surface area contributed by atoms with Gasteiger partial charge in [0.25, 0.3) is 5.89 Å². The summed E-state index contributed by atoms with van der Waals surface area (Å²) in [6.45, 7) is 2.76. The smallest absolute Gasteiger partial charge is 0.294 e. The summed E-state index contributed by atoms with van der Waals surface area (Å²) in [6, 6.07) is 12.1. The van der Waals surface area contributed by atoms with Gasteiger partial charge in [0.1, 0.15) is 0 Å². The van der Waals surface area contributed by atoms with Crippen LogP contribution in [-0.4, -0.2) is 41.7 Å². The maximum absolute atomic E-state index is 5.61. The number of hydrogen-bond acceptors (Lipinski definition) is 6. The second-order valence-corrected chi connectivity index (χ2v) is 5.69. The monoisotopic (exact) mass is 310 g/mol. The highest BCUT2D eigenvalue weighted by atomic mass is 16.5. The molecule has 0 spiro atoms. The topological polar surface area (TPSA) is 67.3 Å². The van der Waals surface area contributed by atoms with E-state index in [4.69, 9.17) is 8.94 Å². The Hall–Kier alpha value is -2.44. The van der Waals surface area contributed by atoms with Crippen LogP contribution in [0.15, 0.2) is 51.6 Å². The molecule has 3 heterocycles. The molecule has 1 aliphatic heterocycles. The van der Waals surface area contributed by atoms with Gasteiger partial charge in [0.05, 0.1) is 12.3 Å². The average Bonchev–Trinajstić information content (AvgIpc) is 3.25. The molecule has 6 heteroatoms. The number of nitrogens with one attached hydrogen (secondary N) is 1. The molecule has 1 saturated heterocycles. The summed E-state index contributed by atoms with van der Waals surface area (Å²) in [5.41, 5.74) is 2.02. The first-order valence-corrected chi connectivity index (χ1v) is 7.71.